The van der Waals surface area contributed by atoms with Crippen LogP contribution < -0.4 is 0 Å². The van der Waals surface area contributed by atoms with Crippen LogP contribution in [0.1, 0.15) is 99.3 Å². The number of nitrogens with zero attached hydrogens (tertiary/aromatic N) is 1. The Morgan fingerprint density at radius 2 is 1.69 bits per heavy atom. The number of likely N-dealkylation sites (tertiary alicyclic amines) is 1. The van der Waals surface area contributed by atoms with Crippen LogP contribution in [-0.4, -0.2) is 29.0 Å². The maximum Gasteiger partial charge on any atom is 0.233 e. The van der Waals surface area contributed by atoms with Gasteiger partial charge in [0.25, 0.3) is 0 Å². The maximum absolute atomic E-state index is 12.6. The van der Waals surface area contributed by atoms with E-state index in [1.54, 1.807) is 0 Å². The van der Waals surface area contributed by atoms with E-state index < -0.39 is 0 Å². The second-order valence-corrected chi connectivity index (χ2v) is 9.20. The lowest BCUT2D eigenvalue weighted by Gasteiger charge is -2.28. The molecule has 0 saturated carbocycles. The van der Waals surface area contributed by atoms with Crippen molar-refractivity contribution in [3.8, 4) is 0 Å². The summed E-state index contributed by atoms with van der Waals surface area (Å²) in [5, 5.41) is 0. The Balaban J connectivity index is 2.37. The molecule has 0 aromatic heterocycles. The molecule has 0 radical (unpaired) electrons. The monoisotopic (exact) mass is 365 g/mol. The molecule has 0 aliphatic carbocycles. The molecule has 4 nitrogen and oxygen atoms in total. The average Bonchev–Trinajstić information content (AvgIpc) is 2.88. The predicted molar refractivity (Wildman–Crippen MR) is 106 cm³/mol. The Kier molecular flexibility index (Phi) is 8.49. The number of hydrogen-bond donors (Lipinski definition) is 0. The fourth-order valence-electron chi connectivity index (χ4n) is 3.60. The van der Waals surface area contributed by atoms with Crippen molar-refractivity contribution < 1.29 is 14.4 Å². The van der Waals surface area contributed by atoms with Crippen LogP contribution in [0.5, 0.6) is 0 Å². The van der Waals surface area contributed by atoms with E-state index in [9.17, 15) is 14.4 Å². The fourth-order valence-corrected chi connectivity index (χ4v) is 3.60. The van der Waals surface area contributed by atoms with Gasteiger partial charge in [0, 0.05) is 24.8 Å². The van der Waals surface area contributed by atoms with Crippen LogP contribution in [0.25, 0.3) is 0 Å². The summed E-state index contributed by atoms with van der Waals surface area (Å²) in [5.41, 5.74) is -0.353. The molecule has 0 N–H and O–H groups in total. The SMILES string of the molecule is CCCCC(C)(C)C(=O)CCCCCN1C(=O)CC(C(C)(C)CC)C1=O. The van der Waals surface area contributed by atoms with Crippen molar-refractivity contribution in [1.82, 2.24) is 4.90 Å². The number of ketones is 1. The minimum Gasteiger partial charge on any atom is -0.299 e. The standard InChI is InChI=1S/C22H39NO3/c1-7-9-14-22(5,6)18(24)13-11-10-12-15-23-19(25)16-17(20(23)26)21(3,4)8-2/h17H,7-16H2,1-6H3. The van der Waals surface area contributed by atoms with E-state index in [1.165, 1.54) is 4.90 Å². The smallest absolute Gasteiger partial charge is 0.233 e. The van der Waals surface area contributed by atoms with Gasteiger partial charge in [-0.3, -0.25) is 19.3 Å². The van der Waals surface area contributed by atoms with E-state index in [-0.39, 0.29) is 28.6 Å². The van der Waals surface area contributed by atoms with Gasteiger partial charge in [-0.1, -0.05) is 67.2 Å². The van der Waals surface area contributed by atoms with E-state index in [0.29, 0.717) is 25.2 Å². The van der Waals surface area contributed by atoms with Gasteiger partial charge in [-0.25, -0.2) is 0 Å². The maximum atomic E-state index is 12.6. The highest BCUT2D eigenvalue weighted by atomic mass is 16.2. The molecule has 150 valence electrons. The van der Waals surface area contributed by atoms with Gasteiger partial charge in [-0.05, 0) is 24.7 Å². The van der Waals surface area contributed by atoms with Crippen molar-refractivity contribution in [2.75, 3.05) is 6.54 Å². The Labute approximate surface area is 160 Å². The summed E-state index contributed by atoms with van der Waals surface area (Å²) in [6.45, 7) is 12.9. The van der Waals surface area contributed by atoms with Crippen molar-refractivity contribution >= 4 is 17.6 Å². The molecule has 1 heterocycles. The molecular formula is C22H39NO3. The van der Waals surface area contributed by atoms with E-state index in [2.05, 4.69) is 27.7 Å². The van der Waals surface area contributed by atoms with Gasteiger partial charge in [-0.15, -0.1) is 0 Å². The van der Waals surface area contributed by atoms with Gasteiger partial charge in [0.1, 0.15) is 5.78 Å². The number of unbranched alkanes of at least 4 members (excludes halogenated alkanes) is 3. The minimum absolute atomic E-state index is 0.00127. The third kappa shape index (κ3) is 5.92. The number of Topliss-reactive ketones (excluding diaryl/α,β-unsaturated/α-hetero) is 1. The van der Waals surface area contributed by atoms with E-state index >= 15 is 0 Å². The number of imide groups is 1. The van der Waals surface area contributed by atoms with Gasteiger partial charge >= 0.3 is 0 Å². The minimum atomic E-state index is -0.226. The third-order valence-corrected chi connectivity index (χ3v) is 6.29. The number of amides is 2. The summed E-state index contributed by atoms with van der Waals surface area (Å²) < 4.78 is 0. The summed E-state index contributed by atoms with van der Waals surface area (Å²) in [6.07, 6.45) is 7.52. The highest BCUT2D eigenvalue weighted by molar-refractivity contribution is 6.03. The summed E-state index contributed by atoms with van der Waals surface area (Å²) >= 11 is 0. The zero-order valence-electron chi connectivity index (χ0n) is 17.8. The molecule has 1 aliphatic rings. The van der Waals surface area contributed by atoms with E-state index in [1.807, 2.05) is 13.8 Å². The molecular weight excluding hydrogens is 326 g/mol. The number of carbonyl (C=O) groups is 3. The summed E-state index contributed by atoms with van der Waals surface area (Å²) in [6, 6.07) is 0. The van der Waals surface area contributed by atoms with Crippen LogP contribution >= 0.6 is 0 Å². The first-order chi connectivity index (χ1) is 12.1. The van der Waals surface area contributed by atoms with Gasteiger partial charge in [0.05, 0.1) is 5.92 Å². The van der Waals surface area contributed by atoms with Gasteiger partial charge < -0.3 is 0 Å². The first-order valence-corrected chi connectivity index (χ1v) is 10.4. The highest BCUT2D eigenvalue weighted by Gasteiger charge is 2.45. The normalized spacial score (nSPS) is 18.7. The lowest BCUT2D eigenvalue weighted by Crippen LogP contribution is -2.35. The van der Waals surface area contributed by atoms with Crippen LogP contribution in [0.3, 0.4) is 0 Å². The molecule has 1 aliphatic heterocycles. The summed E-state index contributed by atoms with van der Waals surface area (Å²) in [5.74, 6) is 0.127. The fraction of sp³-hybridized carbons (Fsp3) is 0.864. The molecule has 2 amide bonds. The molecule has 4 heteroatoms. The van der Waals surface area contributed by atoms with E-state index in [0.717, 1.165) is 44.9 Å². The van der Waals surface area contributed by atoms with Crippen molar-refractivity contribution in [2.24, 2.45) is 16.7 Å². The zero-order chi connectivity index (χ0) is 20.0. The van der Waals surface area contributed by atoms with Gasteiger partial charge in [-0.2, -0.15) is 0 Å². The van der Waals surface area contributed by atoms with Crippen LogP contribution in [0, 0.1) is 16.7 Å². The Hall–Kier alpha value is -1.19. The Bertz CT molecular complexity index is 508. The van der Waals surface area contributed by atoms with Crippen molar-refractivity contribution in [3.63, 3.8) is 0 Å². The molecule has 1 fully saturated rings. The summed E-state index contributed by atoms with van der Waals surface area (Å²) in [4.78, 5) is 38.6. The first-order valence-electron chi connectivity index (χ1n) is 10.4. The second kappa shape index (κ2) is 9.66. The Morgan fingerprint density at radius 1 is 1.04 bits per heavy atom. The van der Waals surface area contributed by atoms with Gasteiger partial charge in [0.2, 0.25) is 11.8 Å². The molecule has 0 spiro atoms. The lowest BCUT2D eigenvalue weighted by molar-refractivity contribution is -0.140. The molecule has 1 unspecified atom stereocenters. The van der Waals surface area contributed by atoms with Crippen LogP contribution in [0.4, 0.5) is 0 Å². The predicted octanol–water partition coefficient (Wildman–Crippen LogP) is 5.14. The topological polar surface area (TPSA) is 54.5 Å². The van der Waals surface area contributed by atoms with Crippen molar-refractivity contribution in [3.05, 3.63) is 0 Å². The second-order valence-electron chi connectivity index (χ2n) is 9.20. The molecule has 1 atom stereocenters. The Morgan fingerprint density at radius 3 is 2.27 bits per heavy atom. The van der Waals surface area contributed by atoms with Crippen LogP contribution in [0.15, 0.2) is 0 Å². The number of hydrogen-bond acceptors (Lipinski definition) is 3. The molecule has 26 heavy (non-hydrogen) atoms. The largest absolute Gasteiger partial charge is 0.299 e. The number of rotatable bonds is 12. The molecule has 1 saturated heterocycles. The third-order valence-electron chi connectivity index (χ3n) is 6.29. The molecule has 1 rings (SSSR count). The summed E-state index contributed by atoms with van der Waals surface area (Å²) in [7, 11) is 0. The number of carbonyl (C=O) groups excluding carboxylic acids is 3. The zero-order valence-corrected chi connectivity index (χ0v) is 17.8. The highest BCUT2D eigenvalue weighted by Crippen LogP contribution is 2.38. The molecule has 0 bridgehead atoms. The molecule has 0 aromatic carbocycles. The van der Waals surface area contributed by atoms with E-state index in [4.69, 9.17) is 0 Å². The van der Waals surface area contributed by atoms with Crippen LogP contribution in [0.2, 0.25) is 0 Å². The lowest BCUT2D eigenvalue weighted by atomic mass is 9.76. The first kappa shape index (κ1) is 22.9. The quantitative estimate of drug-likeness (QED) is 0.355. The van der Waals surface area contributed by atoms with Gasteiger partial charge in [0.15, 0.2) is 0 Å². The van der Waals surface area contributed by atoms with Crippen LogP contribution in [-0.2, 0) is 14.4 Å². The molecule has 0 aromatic rings. The van der Waals surface area contributed by atoms with Crippen molar-refractivity contribution in [1.29, 1.82) is 0 Å². The van der Waals surface area contributed by atoms with Crippen molar-refractivity contribution in [2.45, 2.75) is 99.3 Å². The average molecular weight is 366 g/mol.